The lowest BCUT2D eigenvalue weighted by Crippen LogP contribution is -2.09. The van der Waals surface area contributed by atoms with E-state index in [4.69, 9.17) is 0 Å². The maximum absolute atomic E-state index is 9.39. The third kappa shape index (κ3) is 5.32. The van der Waals surface area contributed by atoms with Gasteiger partial charge in [-0.3, -0.25) is 0 Å². The van der Waals surface area contributed by atoms with E-state index in [0.717, 1.165) is 44.4 Å². The van der Waals surface area contributed by atoms with Crippen LogP contribution in [0.1, 0.15) is 5.48 Å². The first-order valence-electron chi connectivity index (χ1n) is 18.5. The molecular weight excluding hydrogens is 591 g/mol. The number of nitrogens with zero attached hydrogens (tertiary/aromatic N) is 1. The summed E-state index contributed by atoms with van der Waals surface area (Å²) in [6, 6.07) is 58.7. The molecule has 0 aliphatic rings. The fourth-order valence-electron chi connectivity index (χ4n) is 6.95. The molecule has 0 saturated carbocycles. The summed E-state index contributed by atoms with van der Waals surface area (Å²) in [6.45, 7) is 0. The van der Waals surface area contributed by atoms with Crippen LogP contribution in [0, 0.1) is 0 Å². The summed E-state index contributed by atoms with van der Waals surface area (Å²) in [4.78, 5) is 1.83. The number of para-hydroxylation sites is 1. The van der Waals surface area contributed by atoms with E-state index in [-0.39, 0.29) is 35.4 Å². The van der Waals surface area contributed by atoms with Gasteiger partial charge in [-0.15, -0.1) is 0 Å². The highest BCUT2D eigenvalue weighted by Gasteiger charge is 2.15. The fraction of sp³-hybridized carbons (Fsp3) is 0. The summed E-state index contributed by atoms with van der Waals surface area (Å²) in [7, 11) is 0. The number of anilines is 3. The van der Waals surface area contributed by atoms with Crippen LogP contribution in [0.25, 0.3) is 65.7 Å². The molecule has 0 amide bonds. The number of benzene rings is 9. The number of fused-ring (bicyclic) bond motifs is 4. The highest BCUT2D eigenvalue weighted by molar-refractivity contribution is 6.13. The van der Waals surface area contributed by atoms with Crippen LogP contribution >= 0.6 is 0 Å². The molecule has 0 aliphatic heterocycles. The highest BCUT2D eigenvalue weighted by Crippen LogP contribution is 2.39. The van der Waals surface area contributed by atoms with Gasteiger partial charge in [-0.2, -0.15) is 0 Å². The zero-order chi connectivity index (χ0) is 36.1. The summed E-state index contributed by atoms with van der Waals surface area (Å²) in [6.07, 6.45) is 0. The van der Waals surface area contributed by atoms with Gasteiger partial charge >= 0.3 is 0 Å². The Bertz CT molecular complexity index is 2800. The van der Waals surface area contributed by atoms with Gasteiger partial charge in [0.25, 0.3) is 0 Å². The van der Waals surface area contributed by atoms with E-state index < -0.39 is 0 Å². The largest absolute Gasteiger partial charge is 0.311 e. The van der Waals surface area contributed by atoms with Crippen molar-refractivity contribution in [2.75, 3.05) is 4.90 Å². The van der Waals surface area contributed by atoms with Crippen molar-refractivity contribution in [1.29, 1.82) is 0 Å². The Morgan fingerprint density at radius 1 is 0.306 bits per heavy atom. The van der Waals surface area contributed by atoms with Crippen LogP contribution in [-0.2, 0) is 0 Å². The van der Waals surface area contributed by atoms with E-state index in [0.29, 0.717) is 5.56 Å². The van der Waals surface area contributed by atoms with Gasteiger partial charge in [-0.05, 0) is 114 Å². The third-order valence-corrected chi connectivity index (χ3v) is 9.31. The monoisotopic (exact) mass is 627 g/mol. The Hall–Kier alpha value is -6.44. The molecule has 0 heterocycles. The summed E-state index contributed by atoms with van der Waals surface area (Å²) >= 11 is 0. The molecule has 0 radical (unpaired) electrons. The lowest BCUT2D eigenvalue weighted by molar-refractivity contribution is 1.28. The zero-order valence-corrected chi connectivity index (χ0v) is 26.7. The first-order valence-corrected chi connectivity index (χ1v) is 16.5. The summed E-state index contributed by atoms with van der Waals surface area (Å²) in [5.41, 5.74) is 6.75. The molecule has 49 heavy (non-hydrogen) atoms. The molecule has 9 rings (SSSR count). The number of rotatable bonds is 6. The molecular formula is C48H33N. The Balaban J connectivity index is 1.17. The van der Waals surface area contributed by atoms with Gasteiger partial charge in [-0.1, -0.05) is 152 Å². The third-order valence-electron chi connectivity index (χ3n) is 9.31. The van der Waals surface area contributed by atoms with Crippen molar-refractivity contribution in [3.8, 4) is 33.4 Å². The molecule has 0 atom stereocenters. The smallest absolute Gasteiger partial charge is 0.0645 e. The van der Waals surface area contributed by atoms with Crippen LogP contribution in [-0.4, -0.2) is 0 Å². The van der Waals surface area contributed by atoms with Gasteiger partial charge in [0.1, 0.15) is 0 Å². The quantitative estimate of drug-likeness (QED) is 0.166. The summed E-state index contributed by atoms with van der Waals surface area (Å²) in [5, 5.41) is 6.98. The predicted molar refractivity (Wildman–Crippen MR) is 210 cm³/mol. The SMILES string of the molecule is [2H]c1c([2H])c(N(c2ccccc2)c2ccc(-c3cc4ccccc4c4ccccc34)cc2)c([2H])c([2H])c1-c1cccc(-c2cccc3ccccc23)c1. The maximum atomic E-state index is 9.39. The summed E-state index contributed by atoms with van der Waals surface area (Å²) < 4.78 is 37.4. The van der Waals surface area contributed by atoms with E-state index in [1.165, 1.54) is 21.5 Å². The molecule has 0 saturated heterocycles. The fourth-order valence-corrected chi connectivity index (χ4v) is 6.95. The van der Waals surface area contributed by atoms with Crippen molar-refractivity contribution in [1.82, 2.24) is 0 Å². The van der Waals surface area contributed by atoms with Crippen molar-refractivity contribution in [3.05, 3.63) is 200 Å². The first-order chi connectivity index (χ1) is 26.0. The average molecular weight is 628 g/mol. The van der Waals surface area contributed by atoms with Crippen LogP contribution in [0.5, 0.6) is 0 Å². The van der Waals surface area contributed by atoms with Crippen LogP contribution in [0.4, 0.5) is 17.1 Å². The topological polar surface area (TPSA) is 3.24 Å². The van der Waals surface area contributed by atoms with Gasteiger partial charge in [0.05, 0.1) is 5.48 Å². The minimum absolute atomic E-state index is 0.0868. The highest BCUT2D eigenvalue weighted by atomic mass is 15.1. The minimum Gasteiger partial charge on any atom is -0.311 e. The van der Waals surface area contributed by atoms with Crippen molar-refractivity contribution < 1.29 is 5.48 Å². The minimum atomic E-state index is -0.106. The molecule has 0 unspecified atom stereocenters. The molecule has 1 nitrogen and oxygen atoms in total. The number of hydrogen-bond donors (Lipinski definition) is 0. The second-order valence-electron chi connectivity index (χ2n) is 12.2. The van der Waals surface area contributed by atoms with Crippen LogP contribution in [0.2, 0.25) is 0 Å². The molecule has 0 bridgehead atoms. The second-order valence-corrected chi connectivity index (χ2v) is 12.2. The Morgan fingerprint density at radius 2 is 0.898 bits per heavy atom. The predicted octanol–water partition coefficient (Wildman–Crippen LogP) is 13.6. The van der Waals surface area contributed by atoms with Crippen molar-refractivity contribution in [2.45, 2.75) is 0 Å². The number of hydrogen-bond acceptors (Lipinski definition) is 1. The first kappa shape index (κ1) is 24.7. The Labute approximate surface area is 292 Å². The van der Waals surface area contributed by atoms with Gasteiger partial charge in [-0.25, -0.2) is 0 Å². The molecule has 0 aromatic heterocycles. The van der Waals surface area contributed by atoms with E-state index in [2.05, 4.69) is 91.0 Å². The van der Waals surface area contributed by atoms with Crippen LogP contribution in [0.3, 0.4) is 0 Å². The molecule has 9 aromatic carbocycles. The van der Waals surface area contributed by atoms with Crippen LogP contribution in [0.15, 0.2) is 200 Å². The second kappa shape index (κ2) is 12.3. The summed E-state index contributed by atoms with van der Waals surface area (Å²) in [5.74, 6) is 0. The molecule has 1 heteroatoms. The zero-order valence-electron chi connectivity index (χ0n) is 30.7. The van der Waals surface area contributed by atoms with Crippen LogP contribution < -0.4 is 4.90 Å². The van der Waals surface area contributed by atoms with E-state index >= 15 is 0 Å². The van der Waals surface area contributed by atoms with Crippen molar-refractivity contribution >= 4 is 49.4 Å². The molecule has 0 N–H and O–H groups in total. The van der Waals surface area contributed by atoms with Gasteiger partial charge in [0, 0.05) is 17.1 Å². The lowest BCUT2D eigenvalue weighted by Gasteiger charge is -2.26. The normalized spacial score (nSPS) is 12.4. The van der Waals surface area contributed by atoms with Gasteiger partial charge < -0.3 is 4.90 Å². The van der Waals surface area contributed by atoms with Crippen molar-refractivity contribution in [3.63, 3.8) is 0 Å². The lowest BCUT2D eigenvalue weighted by atomic mass is 9.93. The van der Waals surface area contributed by atoms with Crippen molar-refractivity contribution in [2.24, 2.45) is 0 Å². The average Bonchev–Trinajstić information content (AvgIpc) is 3.22. The van der Waals surface area contributed by atoms with E-state index in [1.807, 2.05) is 89.8 Å². The Morgan fingerprint density at radius 3 is 1.69 bits per heavy atom. The maximum Gasteiger partial charge on any atom is 0.0645 e. The molecule has 0 fully saturated rings. The van der Waals surface area contributed by atoms with E-state index in [1.54, 1.807) is 0 Å². The molecule has 0 aliphatic carbocycles. The van der Waals surface area contributed by atoms with Gasteiger partial charge in [0.15, 0.2) is 0 Å². The van der Waals surface area contributed by atoms with Gasteiger partial charge in [0.2, 0.25) is 0 Å². The van der Waals surface area contributed by atoms with E-state index in [9.17, 15) is 5.48 Å². The molecule has 0 spiro atoms. The standard InChI is InChI=1S/C48H33N/c1-2-17-40(18-3-1)49(42-30-26-36(27-31-42)48-33-39-13-5-7-20-45(39)46-21-8-9-22-47(46)48)41-28-24-34(25-29-41)37-15-10-16-38(32-37)44-23-11-14-35-12-4-6-19-43(35)44/h1-33H/i24D,25D,28D,29D. The Kier molecular flexibility index (Phi) is 6.20. The molecule has 230 valence electrons. The molecule has 9 aromatic rings.